The van der Waals surface area contributed by atoms with Crippen LogP contribution in [0.5, 0.6) is 0 Å². The molecule has 1 aromatic heterocycles. The Hall–Kier alpha value is -3.52. The predicted octanol–water partition coefficient (Wildman–Crippen LogP) is 1.77. The highest BCUT2D eigenvalue weighted by molar-refractivity contribution is 7.13. The summed E-state index contributed by atoms with van der Waals surface area (Å²) >= 11 is 1.33. The summed E-state index contributed by atoms with van der Waals surface area (Å²) in [7, 11) is 0. The average molecular weight is 366 g/mol. The summed E-state index contributed by atoms with van der Waals surface area (Å²) in [4.78, 5) is 39.5. The first-order valence-corrected chi connectivity index (χ1v) is 8.35. The van der Waals surface area contributed by atoms with Gasteiger partial charge in [-0.15, -0.1) is 11.3 Å². The molecule has 0 atom stereocenters. The number of carbonyl (C=O) groups is 3. The highest BCUT2D eigenvalue weighted by atomic mass is 32.1. The Labute approximate surface area is 152 Å². The van der Waals surface area contributed by atoms with E-state index in [2.05, 4.69) is 4.98 Å². The third kappa shape index (κ3) is 3.05. The molecule has 0 radical (unpaired) electrons. The average Bonchev–Trinajstić information content (AvgIpc) is 3.14. The van der Waals surface area contributed by atoms with Crippen LogP contribution in [0.1, 0.15) is 31.1 Å². The second-order valence-electron chi connectivity index (χ2n) is 5.42. The molecule has 0 bridgehead atoms. The number of thiazole rings is 1. The molecule has 3 aromatic rings. The predicted molar refractivity (Wildman–Crippen MR) is 98.5 cm³/mol. The molecule has 8 heteroatoms. The van der Waals surface area contributed by atoms with Crippen molar-refractivity contribution in [2.45, 2.75) is 0 Å². The van der Waals surface area contributed by atoms with Crippen LogP contribution in [0.2, 0.25) is 0 Å². The Bertz CT molecular complexity index is 1030. The number of amides is 3. The van der Waals surface area contributed by atoms with E-state index in [1.807, 2.05) is 0 Å². The minimum absolute atomic E-state index is 0.112. The van der Waals surface area contributed by atoms with Crippen LogP contribution in [-0.2, 0) is 0 Å². The summed E-state index contributed by atoms with van der Waals surface area (Å²) in [5, 5.41) is 2.34. The van der Waals surface area contributed by atoms with Gasteiger partial charge in [-0.3, -0.25) is 14.4 Å². The Kier molecular flexibility index (Phi) is 4.51. The van der Waals surface area contributed by atoms with Gasteiger partial charge in [0, 0.05) is 33.8 Å². The number of nitrogens with two attached hydrogens (primary N) is 3. The minimum atomic E-state index is -0.724. The van der Waals surface area contributed by atoms with E-state index >= 15 is 0 Å². The molecule has 0 aliphatic heterocycles. The van der Waals surface area contributed by atoms with E-state index in [-0.39, 0.29) is 16.7 Å². The third-order valence-corrected chi connectivity index (χ3v) is 4.63. The van der Waals surface area contributed by atoms with Crippen LogP contribution in [0.25, 0.3) is 21.7 Å². The van der Waals surface area contributed by atoms with Gasteiger partial charge in [-0.2, -0.15) is 0 Å². The topological polar surface area (TPSA) is 142 Å². The van der Waals surface area contributed by atoms with Crippen molar-refractivity contribution in [3.63, 3.8) is 0 Å². The van der Waals surface area contributed by atoms with Crippen LogP contribution >= 0.6 is 11.3 Å². The number of nitrogens with zero attached hydrogens (tertiary/aromatic N) is 1. The summed E-state index contributed by atoms with van der Waals surface area (Å²) in [5.41, 5.74) is 18.3. The van der Waals surface area contributed by atoms with Crippen LogP contribution in [0, 0.1) is 0 Å². The Morgan fingerprint density at radius 1 is 0.846 bits per heavy atom. The lowest BCUT2D eigenvalue weighted by molar-refractivity contribution is 0.0990. The summed E-state index contributed by atoms with van der Waals surface area (Å²) in [6.07, 6.45) is 1.60. The second-order valence-corrected chi connectivity index (χ2v) is 6.31. The van der Waals surface area contributed by atoms with E-state index in [1.165, 1.54) is 23.5 Å². The SMILES string of the molecule is NC(=O)c1ccc(-c2cccc(C(N)=O)c2-c2nccs2)c(C(N)=O)c1. The maximum Gasteiger partial charge on any atom is 0.249 e. The summed E-state index contributed by atoms with van der Waals surface area (Å²) in [6.45, 7) is 0. The van der Waals surface area contributed by atoms with Gasteiger partial charge in [-0.05, 0) is 29.3 Å². The van der Waals surface area contributed by atoms with Crippen molar-refractivity contribution >= 4 is 29.1 Å². The normalized spacial score (nSPS) is 10.5. The summed E-state index contributed by atoms with van der Waals surface area (Å²) < 4.78 is 0. The molecule has 0 saturated heterocycles. The van der Waals surface area contributed by atoms with E-state index in [4.69, 9.17) is 17.2 Å². The molecule has 0 spiro atoms. The first kappa shape index (κ1) is 17.3. The van der Waals surface area contributed by atoms with Gasteiger partial charge < -0.3 is 17.2 Å². The standard InChI is InChI=1S/C18H14N4O3S/c19-15(23)9-4-5-10(13(8-9)17(21)25)11-2-1-3-12(16(20)24)14(11)18-22-6-7-26-18/h1-8H,(H2,19,23)(H2,20,24)(H2,21,25). The number of carbonyl (C=O) groups excluding carboxylic acids is 3. The largest absolute Gasteiger partial charge is 0.366 e. The summed E-state index contributed by atoms with van der Waals surface area (Å²) in [6, 6.07) is 9.37. The zero-order chi connectivity index (χ0) is 18.8. The molecule has 26 heavy (non-hydrogen) atoms. The zero-order valence-electron chi connectivity index (χ0n) is 13.4. The molecule has 3 rings (SSSR count). The van der Waals surface area contributed by atoms with E-state index in [0.717, 1.165) is 0 Å². The molecule has 0 unspecified atom stereocenters. The monoisotopic (exact) mass is 366 g/mol. The maximum atomic E-state index is 12.0. The maximum absolute atomic E-state index is 12.0. The quantitative estimate of drug-likeness (QED) is 0.632. The molecule has 3 amide bonds. The summed E-state index contributed by atoms with van der Waals surface area (Å²) in [5.74, 6) is -2.02. The second kappa shape index (κ2) is 6.77. The zero-order valence-corrected chi connectivity index (χ0v) is 14.2. The van der Waals surface area contributed by atoms with Gasteiger partial charge >= 0.3 is 0 Å². The molecule has 0 fully saturated rings. The Balaban J connectivity index is 2.35. The smallest absolute Gasteiger partial charge is 0.249 e. The number of benzene rings is 2. The van der Waals surface area contributed by atoms with Crippen LogP contribution in [0.3, 0.4) is 0 Å². The number of aromatic nitrogens is 1. The van der Waals surface area contributed by atoms with E-state index in [1.54, 1.807) is 35.8 Å². The lowest BCUT2D eigenvalue weighted by Crippen LogP contribution is -2.17. The van der Waals surface area contributed by atoms with E-state index in [9.17, 15) is 14.4 Å². The fraction of sp³-hybridized carbons (Fsp3) is 0. The number of hydrogen-bond acceptors (Lipinski definition) is 5. The van der Waals surface area contributed by atoms with Gasteiger partial charge in [0.05, 0.1) is 0 Å². The van der Waals surface area contributed by atoms with Gasteiger partial charge in [0.25, 0.3) is 0 Å². The van der Waals surface area contributed by atoms with Gasteiger partial charge in [-0.25, -0.2) is 4.98 Å². The molecule has 130 valence electrons. The Morgan fingerprint density at radius 2 is 1.58 bits per heavy atom. The Morgan fingerprint density at radius 3 is 2.15 bits per heavy atom. The van der Waals surface area contributed by atoms with Gasteiger partial charge in [0.15, 0.2) is 0 Å². The number of rotatable bonds is 5. The van der Waals surface area contributed by atoms with Crippen molar-refractivity contribution in [2.75, 3.05) is 0 Å². The van der Waals surface area contributed by atoms with Crippen molar-refractivity contribution in [1.29, 1.82) is 0 Å². The van der Waals surface area contributed by atoms with Crippen molar-refractivity contribution in [3.05, 3.63) is 64.7 Å². The fourth-order valence-corrected chi connectivity index (χ4v) is 3.41. The molecule has 0 saturated carbocycles. The third-order valence-electron chi connectivity index (χ3n) is 3.84. The molecule has 0 aliphatic carbocycles. The van der Waals surface area contributed by atoms with Crippen molar-refractivity contribution in [3.8, 4) is 21.7 Å². The number of primary amides is 3. The highest BCUT2D eigenvalue weighted by Crippen LogP contribution is 2.37. The van der Waals surface area contributed by atoms with Crippen LogP contribution in [0.4, 0.5) is 0 Å². The van der Waals surface area contributed by atoms with Gasteiger partial charge in [0.2, 0.25) is 17.7 Å². The van der Waals surface area contributed by atoms with Crippen molar-refractivity contribution < 1.29 is 14.4 Å². The molecular weight excluding hydrogens is 352 g/mol. The van der Waals surface area contributed by atoms with Crippen molar-refractivity contribution in [1.82, 2.24) is 4.98 Å². The number of hydrogen-bond donors (Lipinski definition) is 3. The lowest BCUT2D eigenvalue weighted by atomic mass is 9.91. The molecular formula is C18H14N4O3S. The van der Waals surface area contributed by atoms with Crippen LogP contribution in [0.15, 0.2) is 48.0 Å². The highest BCUT2D eigenvalue weighted by Gasteiger charge is 2.21. The minimum Gasteiger partial charge on any atom is -0.366 e. The van der Waals surface area contributed by atoms with Crippen molar-refractivity contribution in [2.24, 2.45) is 17.2 Å². The molecule has 2 aromatic carbocycles. The first-order chi connectivity index (χ1) is 12.4. The fourth-order valence-electron chi connectivity index (χ4n) is 2.70. The molecule has 7 nitrogen and oxygen atoms in total. The van der Waals surface area contributed by atoms with Crippen LogP contribution in [-0.4, -0.2) is 22.7 Å². The lowest BCUT2D eigenvalue weighted by Gasteiger charge is -2.14. The van der Waals surface area contributed by atoms with Gasteiger partial charge in [0.1, 0.15) is 5.01 Å². The van der Waals surface area contributed by atoms with Gasteiger partial charge in [-0.1, -0.05) is 18.2 Å². The van der Waals surface area contributed by atoms with Crippen LogP contribution < -0.4 is 17.2 Å². The van der Waals surface area contributed by atoms with E-state index < -0.39 is 17.7 Å². The van der Waals surface area contributed by atoms with E-state index in [0.29, 0.717) is 21.7 Å². The molecule has 6 N–H and O–H groups in total. The molecule has 1 heterocycles. The molecule has 0 aliphatic rings. The first-order valence-electron chi connectivity index (χ1n) is 7.47.